The molecule has 0 amide bonds. The van der Waals surface area contributed by atoms with Crippen LogP contribution in [0.15, 0.2) is 48.9 Å². The van der Waals surface area contributed by atoms with Crippen molar-refractivity contribution in [1.29, 1.82) is 0 Å². The van der Waals surface area contributed by atoms with Gasteiger partial charge in [0.15, 0.2) is 17.1 Å². The average Bonchev–Trinajstić information content (AvgIpc) is 2.78. The highest BCUT2D eigenvalue weighted by Crippen LogP contribution is 2.30. The summed E-state index contributed by atoms with van der Waals surface area (Å²) in [5.41, 5.74) is 2.65. The zero-order chi connectivity index (χ0) is 22.9. The first-order chi connectivity index (χ1) is 15.5. The van der Waals surface area contributed by atoms with Crippen molar-refractivity contribution in [2.24, 2.45) is 0 Å². The summed E-state index contributed by atoms with van der Waals surface area (Å²) in [7, 11) is 5.72. The van der Waals surface area contributed by atoms with E-state index in [1.807, 2.05) is 12.1 Å². The maximum absolute atomic E-state index is 9.81. The maximum Gasteiger partial charge on any atom is 0.180 e. The fourth-order valence-electron chi connectivity index (χ4n) is 3.29. The Morgan fingerprint density at radius 2 is 1.91 bits per heavy atom. The van der Waals surface area contributed by atoms with Crippen LogP contribution in [0.4, 0.5) is 5.82 Å². The lowest BCUT2D eigenvalue weighted by atomic mass is 10.1. The van der Waals surface area contributed by atoms with Gasteiger partial charge in [-0.05, 0) is 63.8 Å². The number of nitrogens with zero attached hydrogens (tertiary/aromatic N) is 4. The predicted molar refractivity (Wildman–Crippen MR) is 129 cm³/mol. The monoisotopic (exact) mass is 436 g/mol. The molecule has 170 valence electrons. The van der Waals surface area contributed by atoms with Gasteiger partial charge in [-0.2, -0.15) is 0 Å². The Balaban J connectivity index is 1.58. The van der Waals surface area contributed by atoms with E-state index in [4.69, 9.17) is 4.74 Å². The summed E-state index contributed by atoms with van der Waals surface area (Å²) in [4.78, 5) is 15.9. The lowest BCUT2D eigenvalue weighted by Crippen LogP contribution is -2.20. The van der Waals surface area contributed by atoms with Gasteiger partial charge in [0.25, 0.3) is 0 Å². The summed E-state index contributed by atoms with van der Waals surface area (Å²) in [5, 5.41) is 16.3. The summed E-state index contributed by atoms with van der Waals surface area (Å²) in [5.74, 6) is 1.82. The van der Waals surface area contributed by atoms with E-state index in [0.29, 0.717) is 34.2 Å². The zero-order valence-corrected chi connectivity index (χ0v) is 19.1. The van der Waals surface area contributed by atoms with Gasteiger partial charge in [0, 0.05) is 12.1 Å². The van der Waals surface area contributed by atoms with Gasteiger partial charge in [-0.15, -0.1) is 0 Å². The number of rotatable bonds is 12. The molecule has 32 heavy (non-hydrogen) atoms. The van der Waals surface area contributed by atoms with Crippen LogP contribution >= 0.6 is 0 Å². The molecule has 0 atom stereocenters. The Hall–Kier alpha value is -3.39. The molecule has 0 bridgehead atoms. The van der Waals surface area contributed by atoms with Gasteiger partial charge in [0.2, 0.25) is 0 Å². The SMILES string of the molecule is C=C(NCCCCCCN(C)C)Nc1ccc2ncc(-c3ccc(O)c(OC)c3)nc2n1. The quantitative estimate of drug-likeness (QED) is 0.367. The number of hydrogen-bond donors (Lipinski definition) is 3. The van der Waals surface area contributed by atoms with Crippen molar-refractivity contribution in [3.05, 3.63) is 48.9 Å². The molecular formula is C24H32N6O2. The number of hydrogen-bond acceptors (Lipinski definition) is 8. The van der Waals surface area contributed by atoms with Crippen molar-refractivity contribution >= 4 is 17.0 Å². The number of aromatic hydroxyl groups is 1. The van der Waals surface area contributed by atoms with E-state index in [-0.39, 0.29) is 5.75 Å². The third kappa shape index (κ3) is 6.55. The molecule has 1 aromatic carbocycles. The molecule has 0 spiro atoms. The first-order valence-electron chi connectivity index (χ1n) is 10.8. The molecule has 8 heteroatoms. The van der Waals surface area contributed by atoms with E-state index in [1.165, 1.54) is 26.4 Å². The van der Waals surface area contributed by atoms with Crippen molar-refractivity contribution in [2.45, 2.75) is 25.7 Å². The Labute approximate surface area is 189 Å². The van der Waals surface area contributed by atoms with Crippen LogP contribution in [0.3, 0.4) is 0 Å². The van der Waals surface area contributed by atoms with E-state index < -0.39 is 0 Å². The number of unbranched alkanes of at least 4 members (excludes halogenated alkanes) is 3. The van der Waals surface area contributed by atoms with Crippen LogP contribution in [0.2, 0.25) is 0 Å². The first kappa shape index (κ1) is 23.3. The number of phenolic OH excluding ortho intramolecular Hbond substituents is 1. The molecule has 0 radical (unpaired) electrons. The first-order valence-corrected chi connectivity index (χ1v) is 10.8. The normalized spacial score (nSPS) is 11.0. The second-order valence-electron chi connectivity index (χ2n) is 7.93. The van der Waals surface area contributed by atoms with Crippen LogP contribution in [-0.4, -0.2) is 59.3 Å². The van der Waals surface area contributed by atoms with Gasteiger partial charge < -0.3 is 25.4 Å². The highest BCUT2D eigenvalue weighted by Gasteiger charge is 2.09. The number of anilines is 1. The van der Waals surface area contributed by atoms with Crippen molar-refractivity contribution < 1.29 is 9.84 Å². The van der Waals surface area contributed by atoms with E-state index in [1.54, 1.807) is 24.4 Å². The molecule has 3 aromatic rings. The van der Waals surface area contributed by atoms with Crippen molar-refractivity contribution in [1.82, 2.24) is 25.2 Å². The summed E-state index contributed by atoms with van der Waals surface area (Å²) in [6.07, 6.45) is 6.45. The molecule has 0 unspecified atom stereocenters. The number of ether oxygens (including phenoxy) is 1. The van der Waals surface area contributed by atoms with E-state index in [9.17, 15) is 5.11 Å². The minimum atomic E-state index is 0.0779. The number of pyridine rings is 1. The third-order valence-electron chi connectivity index (χ3n) is 5.03. The van der Waals surface area contributed by atoms with E-state index >= 15 is 0 Å². The van der Waals surface area contributed by atoms with Crippen molar-refractivity contribution in [3.63, 3.8) is 0 Å². The number of fused-ring (bicyclic) bond motifs is 1. The number of methoxy groups -OCH3 is 1. The predicted octanol–water partition coefficient (Wildman–Crippen LogP) is 4.00. The summed E-state index contributed by atoms with van der Waals surface area (Å²) >= 11 is 0. The van der Waals surface area contributed by atoms with Gasteiger partial charge >= 0.3 is 0 Å². The van der Waals surface area contributed by atoms with Crippen molar-refractivity contribution in [3.8, 4) is 22.8 Å². The molecule has 3 N–H and O–H groups in total. The maximum atomic E-state index is 9.81. The Kier molecular flexibility index (Phi) is 8.21. The molecule has 0 saturated heterocycles. The topological polar surface area (TPSA) is 95.4 Å². The number of nitrogens with one attached hydrogen (secondary N) is 2. The Morgan fingerprint density at radius 1 is 1.09 bits per heavy atom. The third-order valence-corrected chi connectivity index (χ3v) is 5.03. The molecule has 3 rings (SSSR count). The van der Waals surface area contributed by atoms with Crippen LogP contribution < -0.4 is 15.4 Å². The highest BCUT2D eigenvalue weighted by molar-refractivity contribution is 5.76. The van der Waals surface area contributed by atoms with Crippen molar-refractivity contribution in [2.75, 3.05) is 39.6 Å². The molecule has 0 aliphatic carbocycles. The standard InChI is InChI=1S/C24H32N6O2/c1-17(25-13-7-5-6-8-14-30(2)3)27-23-12-10-19-24(29-23)28-20(16-26-19)18-9-11-21(31)22(15-18)32-4/h9-12,15-16,25,31H,1,5-8,13-14H2,2-4H3,(H,27,28,29). The smallest absolute Gasteiger partial charge is 0.180 e. The molecule has 8 nitrogen and oxygen atoms in total. The fourth-order valence-corrected chi connectivity index (χ4v) is 3.29. The van der Waals surface area contributed by atoms with E-state index in [0.717, 1.165) is 25.1 Å². The van der Waals surface area contributed by atoms with Crippen LogP contribution in [0.5, 0.6) is 11.5 Å². The number of aromatic nitrogens is 3. The highest BCUT2D eigenvalue weighted by atomic mass is 16.5. The summed E-state index contributed by atoms with van der Waals surface area (Å²) in [6, 6.07) is 8.79. The molecule has 0 aliphatic rings. The lowest BCUT2D eigenvalue weighted by molar-refractivity contribution is 0.373. The van der Waals surface area contributed by atoms with Gasteiger partial charge in [-0.25, -0.2) is 9.97 Å². The summed E-state index contributed by atoms with van der Waals surface area (Å²) < 4.78 is 5.18. The average molecular weight is 437 g/mol. The lowest BCUT2D eigenvalue weighted by Gasteiger charge is -2.12. The minimum Gasteiger partial charge on any atom is -0.504 e. The van der Waals surface area contributed by atoms with E-state index in [2.05, 4.69) is 51.2 Å². The second kappa shape index (κ2) is 11.3. The van der Waals surface area contributed by atoms with Crippen LogP contribution in [0.25, 0.3) is 22.4 Å². The molecule has 0 saturated carbocycles. The molecular weight excluding hydrogens is 404 g/mol. The Morgan fingerprint density at radius 3 is 2.69 bits per heavy atom. The van der Waals surface area contributed by atoms with Crippen LogP contribution in [-0.2, 0) is 0 Å². The number of phenols is 1. The largest absolute Gasteiger partial charge is 0.504 e. The fraction of sp³-hybridized carbons (Fsp3) is 0.375. The molecule has 0 fully saturated rings. The van der Waals surface area contributed by atoms with Crippen LogP contribution in [0, 0.1) is 0 Å². The van der Waals surface area contributed by atoms with Gasteiger partial charge in [0.05, 0.1) is 24.8 Å². The Bertz CT molecular complexity index is 1050. The van der Waals surface area contributed by atoms with Crippen LogP contribution in [0.1, 0.15) is 25.7 Å². The van der Waals surface area contributed by atoms with Gasteiger partial charge in [-0.3, -0.25) is 4.98 Å². The molecule has 0 aliphatic heterocycles. The summed E-state index contributed by atoms with van der Waals surface area (Å²) in [6.45, 7) is 6.05. The second-order valence-corrected chi connectivity index (χ2v) is 7.93. The molecule has 2 heterocycles. The van der Waals surface area contributed by atoms with Gasteiger partial charge in [0.1, 0.15) is 11.3 Å². The zero-order valence-electron chi connectivity index (χ0n) is 19.1. The minimum absolute atomic E-state index is 0.0779. The van der Waals surface area contributed by atoms with Gasteiger partial charge in [-0.1, -0.05) is 19.4 Å². The number of benzene rings is 1. The molecule has 2 aromatic heterocycles.